The SMILES string of the molecule is CCOCc1cccc(CCC(=O)OC(C)(C)C)c1. The summed E-state index contributed by atoms with van der Waals surface area (Å²) in [5.74, 6) is -0.150. The van der Waals surface area contributed by atoms with E-state index < -0.39 is 5.60 Å². The Kier molecular flexibility index (Phi) is 6.03. The van der Waals surface area contributed by atoms with Crippen molar-refractivity contribution >= 4 is 5.97 Å². The molecule has 0 heterocycles. The minimum atomic E-state index is -0.409. The average Bonchev–Trinajstić information content (AvgIpc) is 2.32. The van der Waals surface area contributed by atoms with Crippen LogP contribution in [0.4, 0.5) is 0 Å². The number of ether oxygens (including phenoxy) is 2. The van der Waals surface area contributed by atoms with Crippen molar-refractivity contribution < 1.29 is 14.3 Å². The average molecular weight is 264 g/mol. The first kappa shape index (κ1) is 15.7. The maximum absolute atomic E-state index is 11.6. The van der Waals surface area contributed by atoms with E-state index in [-0.39, 0.29) is 5.97 Å². The van der Waals surface area contributed by atoms with Crippen molar-refractivity contribution in [3.05, 3.63) is 35.4 Å². The highest BCUT2D eigenvalue weighted by Gasteiger charge is 2.15. The Bertz CT molecular complexity index is 405. The molecule has 0 saturated carbocycles. The first-order chi connectivity index (χ1) is 8.90. The van der Waals surface area contributed by atoms with Crippen LogP contribution >= 0.6 is 0 Å². The summed E-state index contributed by atoms with van der Waals surface area (Å²) < 4.78 is 10.7. The number of aryl methyl sites for hydroxylation is 1. The van der Waals surface area contributed by atoms with Gasteiger partial charge in [0.1, 0.15) is 5.60 Å². The zero-order chi connectivity index (χ0) is 14.3. The molecule has 0 N–H and O–H groups in total. The molecular formula is C16H24O3. The van der Waals surface area contributed by atoms with Gasteiger partial charge in [-0.2, -0.15) is 0 Å². The van der Waals surface area contributed by atoms with Crippen LogP contribution in [0.3, 0.4) is 0 Å². The van der Waals surface area contributed by atoms with E-state index in [4.69, 9.17) is 9.47 Å². The fraction of sp³-hybridized carbons (Fsp3) is 0.562. The molecular weight excluding hydrogens is 240 g/mol. The van der Waals surface area contributed by atoms with Gasteiger partial charge >= 0.3 is 5.97 Å². The first-order valence-electron chi connectivity index (χ1n) is 6.78. The molecule has 19 heavy (non-hydrogen) atoms. The molecule has 0 aromatic heterocycles. The quantitative estimate of drug-likeness (QED) is 0.738. The van der Waals surface area contributed by atoms with Crippen molar-refractivity contribution in [1.82, 2.24) is 0 Å². The predicted octanol–water partition coefficient (Wildman–Crippen LogP) is 3.50. The Balaban J connectivity index is 2.46. The largest absolute Gasteiger partial charge is 0.460 e. The summed E-state index contributed by atoms with van der Waals surface area (Å²) in [5, 5.41) is 0. The molecule has 0 aliphatic carbocycles. The van der Waals surface area contributed by atoms with E-state index in [0.29, 0.717) is 26.1 Å². The van der Waals surface area contributed by atoms with Crippen molar-refractivity contribution in [3.8, 4) is 0 Å². The van der Waals surface area contributed by atoms with Crippen LogP contribution in [0.5, 0.6) is 0 Å². The van der Waals surface area contributed by atoms with E-state index in [1.807, 2.05) is 45.9 Å². The van der Waals surface area contributed by atoms with Gasteiger partial charge in [-0.25, -0.2) is 0 Å². The molecule has 0 atom stereocenters. The van der Waals surface area contributed by atoms with Crippen LogP contribution in [0.2, 0.25) is 0 Å². The Morgan fingerprint density at radius 3 is 2.53 bits per heavy atom. The summed E-state index contributed by atoms with van der Waals surface area (Å²) in [4.78, 5) is 11.6. The van der Waals surface area contributed by atoms with Gasteiger partial charge in [0.2, 0.25) is 0 Å². The molecule has 0 saturated heterocycles. The number of benzene rings is 1. The molecule has 0 aliphatic rings. The fourth-order valence-corrected chi connectivity index (χ4v) is 1.73. The maximum Gasteiger partial charge on any atom is 0.306 e. The standard InChI is InChI=1S/C16H24O3/c1-5-18-12-14-8-6-7-13(11-14)9-10-15(17)19-16(2,3)4/h6-8,11H,5,9-10,12H2,1-4H3. The van der Waals surface area contributed by atoms with Crippen LogP contribution in [0.1, 0.15) is 45.2 Å². The number of carbonyl (C=O) groups excluding carboxylic acids is 1. The van der Waals surface area contributed by atoms with Crippen LogP contribution in [-0.2, 0) is 27.3 Å². The summed E-state index contributed by atoms with van der Waals surface area (Å²) in [7, 11) is 0. The number of carbonyl (C=O) groups is 1. The maximum atomic E-state index is 11.6. The molecule has 3 heteroatoms. The molecule has 1 aromatic rings. The van der Waals surface area contributed by atoms with Crippen LogP contribution in [0.15, 0.2) is 24.3 Å². The van der Waals surface area contributed by atoms with Gasteiger partial charge < -0.3 is 9.47 Å². The van der Waals surface area contributed by atoms with Crippen molar-refractivity contribution in [2.45, 2.75) is 52.7 Å². The summed E-state index contributed by atoms with van der Waals surface area (Å²) in [5.41, 5.74) is 1.88. The Morgan fingerprint density at radius 2 is 1.89 bits per heavy atom. The zero-order valence-corrected chi connectivity index (χ0v) is 12.4. The summed E-state index contributed by atoms with van der Waals surface area (Å²) in [6.07, 6.45) is 1.12. The van der Waals surface area contributed by atoms with Crippen LogP contribution in [0.25, 0.3) is 0 Å². The summed E-state index contributed by atoms with van der Waals surface area (Å²) in [6, 6.07) is 8.14. The number of hydrogen-bond acceptors (Lipinski definition) is 3. The van der Waals surface area contributed by atoms with Gasteiger partial charge in [0.25, 0.3) is 0 Å². The van der Waals surface area contributed by atoms with Gasteiger partial charge in [0, 0.05) is 13.0 Å². The lowest BCUT2D eigenvalue weighted by atomic mass is 10.1. The van der Waals surface area contributed by atoms with Crippen molar-refractivity contribution in [2.75, 3.05) is 6.61 Å². The van der Waals surface area contributed by atoms with Crippen molar-refractivity contribution in [3.63, 3.8) is 0 Å². The smallest absolute Gasteiger partial charge is 0.306 e. The Labute approximate surface area is 115 Å². The minimum absolute atomic E-state index is 0.150. The third kappa shape index (κ3) is 6.97. The molecule has 0 fully saturated rings. The van der Waals surface area contributed by atoms with E-state index in [2.05, 4.69) is 6.07 Å². The predicted molar refractivity (Wildman–Crippen MR) is 75.9 cm³/mol. The fourth-order valence-electron chi connectivity index (χ4n) is 1.73. The first-order valence-corrected chi connectivity index (χ1v) is 6.78. The number of hydrogen-bond donors (Lipinski definition) is 0. The number of rotatable bonds is 6. The molecule has 106 valence electrons. The van der Waals surface area contributed by atoms with E-state index >= 15 is 0 Å². The van der Waals surface area contributed by atoms with Crippen LogP contribution < -0.4 is 0 Å². The monoisotopic (exact) mass is 264 g/mol. The van der Waals surface area contributed by atoms with E-state index in [0.717, 1.165) is 11.1 Å². The van der Waals surface area contributed by atoms with Crippen LogP contribution in [-0.4, -0.2) is 18.2 Å². The topological polar surface area (TPSA) is 35.5 Å². The van der Waals surface area contributed by atoms with Gasteiger partial charge in [-0.15, -0.1) is 0 Å². The molecule has 0 amide bonds. The second kappa shape index (κ2) is 7.29. The molecule has 0 unspecified atom stereocenters. The van der Waals surface area contributed by atoms with E-state index in [1.165, 1.54) is 0 Å². The van der Waals surface area contributed by atoms with Gasteiger partial charge in [0.05, 0.1) is 6.61 Å². The van der Waals surface area contributed by atoms with Gasteiger partial charge in [-0.1, -0.05) is 24.3 Å². The molecule has 1 rings (SSSR count). The minimum Gasteiger partial charge on any atom is -0.460 e. The summed E-state index contributed by atoms with van der Waals surface area (Å²) >= 11 is 0. The second-order valence-corrected chi connectivity index (χ2v) is 5.54. The molecule has 0 aliphatic heterocycles. The van der Waals surface area contributed by atoms with Gasteiger partial charge in [0.15, 0.2) is 0 Å². The molecule has 3 nitrogen and oxygen atoms in total. The van der Waals surface area contributed by atoms with Gasteiger partial charge in [-0.05, 0) is 45.2 Å². The van der Waals surface area contributed by atoms with E-state index in [1.54, 1.807) is 0 Å². The van der Waals surface area contributed by atoms with Crippen LogP contribution in [0, 0.1) is 0 Å². The third-order valence-electron chi connectivity index (χ3n) is 2.50. The van der Waals surface area contributed by atoms with E-state index in [9.17, 15) is 4.79 Å². The van der Waals surface area contributed by atoms with Gasteiger partial charge in [-0.3, -0.25) is 4.79 Å². The Morgan fingerprint density at radius 1 is 1.21 bits per heavy atom. The zero-order valence-electron chi connectivity index (χ0n) is 12.4. The highest BCUT2D eigenvalue weighted by molar-refractivity contribution is 5.70. The van der Waals surface area contributed by atoms with Crippen molar-refractivity contribution in [1.29, 1.82) is 0 Å². The molecule has 1 aromatic carbocycles. The highest BCUT2D eigenvalue weighted by atomic mass is 16.6. The normalized spacial score (nSPS) is 11.4. The lowest BCUT2D eigenvalue weighted by molar-refractivity contribution is -0.154. The number of esters is 1. The van der Waals surface area contributed by atoms with Crippen molar-refractivity contribution in [2.24, 2.45) is 0 Å². The molecule has 0 spiro atoms. The molecule has 0 radical (unpaired) electrons. The summed E-state index contributed by atoms with van der Waals surface area (Å²) in [6.45, 7) is 8.96. The lowest BCUT2D eigenvalue weighted by Gasteiger charge is -2.19. The molecule has 0 bridgehead atoms. The lowest BCUT2D eigenvalue weighted by Crippen LogP contribution is -2.24. The Hall–Kier alpha value is -1.35. The second-order valence-electron chi connectivity index (χ2n) is 5.54. The highest BCUT2D eigenvalue weighted by Crippen LogP contribution is 2.12. The third-order valence-corrected chi connectivity index (χ3v) is 2.50.